The molecule has 2 fully saturated rings. The van der Waals surface area contributed by atoms with Gasteiger partial charge in [-0.3, -0.25) is 0 Å². The van der Waals surface area contributed by atoms with Crippen LogP contribution in [0.5, 0.6) is 0 Å². The summed E-state index contributed by atoms with van der Waals surface area (Å²) in [6, 6.07) is 4.35. The molecule has 1 aromatic carbocycles. The average molecular weight is 387 g/mol. The van der Waals surface area contributed by atoms with Crippen molar-refractivity contribution in [2.45, 2.75) is 32.2 Å². The van der Waals surface area contributed by atoms with Crippen LogP contribution in [0.2, 0.25) is 0 Å². The maximum absolute atomic E-state index is 13.8. The number of benzene rings is 1. The van der Waals surface area contributed by atoms with E-state index < -0.39 is 11.6 Å². The molecule has 150 valence electrons. The molecule has 0 aromatic heterocycles. The fourth-order valence-corrected chi connectivity index (χ4v) is 4.11. The Morgan fingerprint density at radius 2 is 1.79 bits per heavy atom. The Morgan fingerprint density at radius 3 is 2.50 bits per heavy atom. The second kappa shape index (κ2) is 7.99. The van der Waals surface area contributed by atoms with Gasteiger partial charge in [0, 0.05) is 45.2 Å². The van der Waals surface area contributed by atoms with E-state index in [0.29, 0.717) is 24.0 Å². The summed E-state index contributed by atoms with van der Waals surface area (Å²) in [6.45, 7) is 6.97. The number of nitrogens with zero attached hydrogens (tertiary/aromatic N) is 5. The summed E-state index contributed by atoms with van der Waals surface area (Å²) in [5, 5.41) is 0. The lowest BCUT2D eigenvalue weighted by Gasteiger charge is -2.39. The van der Waals surface area contributed by atoms with Crippen LogP contribution in [0.4, 0.5) is 8.78 Å². The SMILES string of the molecule is CC1CN(C)CCN1C1=CCC(c2ccc(F)c(F)c2)=NC(N2CCCC2)=N1. The molecule has 3 aliphatic rings. The van der Waals surface area contributed by atoms with Crippen LogP contribution in [0.15, 0.2) is 40.1 Å². The van der Waals surface area contributed by atoms with Crippen molar-refractivity contribution in [1.82, 2.24) is 14.7 Å². The normalized spacial score (nSPS) is 24.0. The maximum Gasteiger partial charge on any atom is 0.227 e. The lowest BCUT2D eigenvalue weighted by molar-refractivity contribution is 0.130. The van der Waals surface area contributed by atoms with Gasteiger partial charge in [-0.15, -0.1) is 0 Å². The molecule has 2 saturated heterocycles. The van der Waals surface area contributed by atoms with Crippen LogP contribution >= 0.6 is 0 Å². The molecule has 0 aliphatic carbocycles. The van der Waals surface area contributed by atoms with Gasteiger partial charge in [0.2, 0.25) is 5.96 Å². The van der Waals surface area contributed by atoms with Gasteiger partial charge in [-0.25, -0.2) is 13.8 Å². The van der Waals surface area contributed by atoms with Gasteiger partial charge in [0.15, 0.2) is 11.6 Å². The monoisotopic (exact) mass is 387 g/mol. The Hall–Kier alpha value is -2.28. The molecule has 1 atom stereocenters. The summed E-state index contributed by atoms with van der Waals surface area (Å²) in [5.41, 5.74) is 1.33. The van der Waals surface area contributed by atoms with Gasteiger partial charge in [-0.05, 0) is 50.6 Å². The number of piperazine rings is 1. The van der Waals surface area contributed by atoms with Gasteiger partial charge in [0.25, 0.3) is 0 Å². The van der Waals surface area contributed by atoms with E-state index in [2.05, 4.69) is 34.7 Å². The minimum atomic E-state index is -0.846. The maximum atomic E-state index is 13.8. The molecule has 0 bridgehead atoms. The van der Waals surface area contributed by atoms with Gasteiger partial charge >= 0.3 is 0 Å². The smallest absolute Gasteiger partial charge is 0.227 e. The quantitative estimate of drug-likeness (QED) is 0.782. The highest BCUT2D eigenvalue weighted by molar-refractivity contribution is 6.08. The van der Waals surface area contributed by atoms with Gasteiger partial charge in [0.05, 0.1) is 5.71 Å². The number of rotatable bonds is 2. The molecular weight excluding hydrogens is 360 g/mol. The number of allylic oxidation sites excluding steroid dienone is 1. The van der Waals surface area contributed by atoms with Crippen molar-refractivity contribution in [3.8, 4) is 0 Å². The Bertz CT molecular complexity index is 826. The molecular formula is C21H27F2N5. The lowest BCUT2D eigenvalue weighted by Crippen LogP contribution is -2.49. The third kappa shape index (κ3) is 3.94. The molecule has 4 rings (SSSR count). The zero-order chi connectivity index (χ0) is 19.7. The molecule has 0 saturated carbocycles. The highest BCUT2D eigenvalue weighted by atomic mass is 19.2. The fraction of sp³-hybridized carbons (Fsp3) is 0.524. The van der Waals surface area contributed by atoms with E-state index in [9.17, 15) is 8.78 Å². The Labute approximate surface area is 165 Å². The van der Waals surface area contributed by atoms with Crippen molar-refractivity contribution in [1.29, 1.82) is 0 Å². The zero-order valence-electron chi connectivity index (χ0n) is 16.5. The summed E-state index contributed by atoms with van der Waals surface area (Å²) in [6.07, 6.45) is 4.86. The van der Waals surface area contributed by atoms with E-state index in [1.165, 1.54) is 6.07 Å². The minimum Gasteiger partial charge on any atom is -0.351 e. The van der Waals surface area contributed by atoms with E-state index in [-0.39, 0.29) is 0 Å². The number of halogens is 2. The number of hydrogen-bond donors (Lipinski definition) is 0. The highest BCUT2D eigenvalue weighted by Crippen LogP contribution is 2.23. The number of aliphatic imine (C=N–C) groups is 2. The largest absolute Gasteiger partial charge is 0.351 e. The Balaban J connectivity index is 1.68. The second-order valence-electron chi connectivity index (χ2n) is 7.86. The highest BCUT2D eigenvalue weighted by Gasteiger charge is 2.26. The molecule has 3 heterocycles. The van der Waals surface area contributed by atoms with Crippen LogP contribution in [-0.2, 0) is 0 Å². The van der Waals surface area contributed by atoms with Crippen molar-refractivity contribution in [2.24, 2.45) is 9.98 Å². The van der Waals surface area contributed by atoms with Crippen LogP contribution in [-0.4, -0.2) is 72.2 Å². The number of guanidine groups is 1. The van der Waals surface area contributed by atoms with Crippen LogP contribution in [0, 0.1) is 11.6 Å². The molecule has 3 aliphatic heterocycles. The van der Waals surface area contributed by atoms with E-state index in [0.717, 1.165) is 63.2 Å². The fourth-order valence-electron chi connectivity index (χ4n) is 4.11. The van der Waals surface area contributed by atoms with Gasteiger partial charge in [-0.2, -0.15) is 4.99 Å². The first-order valence-electron chi connectivity index (χ1n) is 10.0. The Kier molecular flexibility index (Phi) is 5.44. The molecule has 5 nitrogen and oxygen atoms in total. The van der Waals surface area contributed by atoms with Gasteiger partial charge < -0.3 is 14.7 Å². The first-order chi connectivity index (χ1) is 13.5. The van der Waals surface area contributed by atoms with Crippen molar-refractivity contribution in [2.75, 3.05) is 39.8 Å². The standard InChI is InChI=1S/C21H27F2N5/c1-15-14-26(2)11-12-28(15)20-8-7-19(16-5-6-17(22)18(23)13-16)24-21(25-20)27-9-3-4-10-27/h5-6,8,13,15H,3-4,7,9-12,14H2,1-2H3. The molecule has 1 unspecified atom stereocenters. The summed E-state index contributed by atoms with van der Waals surface area (Å²) in [7, 11) is 2.14. The van der Waals surface area contributed by atoms with Gasteiger partial charge in [-0.1, -0.05) is 6.07 Å². The van der Waals surface area contributed by atoms with E-state index in [4.69, 9.17) is 9.98 Å². The van der Waals surface area contributed by atoms with Gasteiger partial charge in [0.1, 0.15) is 5.82 Å². The zero-order valence-corrected chi connectivity index (χ0v) is 16.5. The van der Waals surface area contributed by atoms with Crippen molar-refractivity contribution in [3.63, 3.8) is 0 Å². The Morgan fingerprint density at radius 1 is 1.00 bits per heavy atom. The third-order valence-electron chi connectivity index (χ3n) is 5.69. The van der Waals surface area contributed by atoms with Crippen molar-refractivity contribution < 1.29 is 8.78 Å². The summed E-state index contributed by atoms with van der Waals surface area (Å²) < 4.78 is 27.2. The predicted octanol–water partition coefficient (Wildman–Crippen LogP) is 3.09. The molecule has 1 aromatic rings. The second-order valence-corrected chi connectivity index (χ2v) is 7.86. The number of hydrogen-bond acceptors (Lipinski definition) is 5. The molecule has 0 N–H and O–H groups in total. The molecule has 7 heteroatoms. The summed E-state index contributed by atoms with van der Waals surface area (Å²) in [4.78, 5) is 16.6. The van der Waals surface area contributed by atoms with Crippen molar-refractivity contribution >= 4 is 11.7 Å². The summed E-state index contributed by atoms with van der Waals surface area (Å²) in [5.74, 6) is -0.0640. The number of likely N-dealkylation sites (tertiary alicyclic amines) is 1. The topological polar surface area (TPSA) is 34.4 Å². The third-order valence-corrected chi connectivity index (χ3v) is 5.69. The molecule has 28 heavy (non-hydrogen) atoms. The predicted molar refractivity (Wildman–Crippen MR) is 108 cm³/mol. The van der Waals surface area contributed by atoms with Crippen molar-refractivity contribution in [3.05, 3.63) is 47.3 Å². The molecule has 0 spiro atoms. The van der Waals surface area contributed by atoms with E-state index in [1.54, 1.807) is 6.07 Å². The van der Waals surface area contributed by atoms with Crippen LogP contribution < -0.4 is 0 Å². The van der Waals surface area contributed by atoms with E-state index in [1.807, 2.05) is 0 Å². The number of likely N-dealkylation sites (N-methyl/N-ethyl adjacent to an activating group) is 1. The minimum absolute atomic E-state index is 0.360. The van der Waals surface area contributed by atoms with Crippen LogP contribution in [0.1, 0.15) is 31.7 Å². The molecule has 0 radical (unpaired) electrons. The van der Waals surface area contributed by atoms with Crippen LogP contribution in [0.25, 0.3) is 0 Å². The van der Waals surface area contributed by atoms with E-state index >= 15 is 0 Å². The average Bonchev–Trinajstić information content (AvgIpc) is 3.11. The van der Waals surface area contributed by atoms with Crippen LogP contribution in [0.3, 0.4) is 0 Å². The first-order valence-corrected chi connectivity index (χ1v) is 10.0. The summed E-state index contributed by atoms with van der Waals surface area (Å²) >= 11 is 0. The first kappa shape index (κ1) is 19.1. The molecule has 0 amide bonds. The lowest BCUT2D eigenvalue weighted by atomic mass is 10.1.